The maximum Gasteiger partial charge on any atom is 0.245 e. The molecule has 136 valence electrons. The summed E-state index contributed by atoms with van der Waals surface area (Å²) in [5, 5.41) is 5.98. The Bertz CT molecular complexity index is 940. The van der Waals surface area contributed by atoms with Crippen LogP contribution in [0.25, 0.3) is 22.4 Å². The van der Waals surface area contributed by atoms with Crippen LogP contribution >= 0.6 is 0 Å². The molecule has 0 saturated heterocycles. The molecule has 7 nitrogen and oxygen atoms in total. The number of hydrogen-bond acceptors (Lipinski definition) is 5. The lowest BCUT2D eigenvalue weighted by Crippen LogP contribution is -2.48. The molecule has 0 aliphatic heterocycles. The second-order valence-electron chi connectivity index (χ2n) is 6.19. The normalized spacial score (nSPS) is 11.5. The van der Waals surface area contributed by atoms with Gasteiger partial charge in [-0.1, -0.05) is 0 Å². The molecule has 0 radical (unpaired) electrons. The standard InChI is InChI=1S/C17H18F2N6O/c1-17(2,16(26)21-7-5-18)25-15-12(19)9-23-14(24-15)11-8-22-13-10(11)4-3-6-20-13/h3-4,6,8-9H,5,7H2,1-2H3,(H,20,22)(H,21,26)(H,23,24,25). The number of alkyl halides is 1. The zero-order chi connectivity index (χ0) is 18.7. The summed E-state index contributed by atoms with van der Waals surface area (Å²) in [6.45, 7) is 2.32. The summed E-state index contributed by atoms with van der Waals surface area (Å²) in [4.78, 5) is 27.6. The number of carbonyl (C=O) groups excluding carboxylic acids is 1. The zero-order valence-electron chi connectivity index (χ0n) is 14.3. The van der Waals surface area contributed by atoms with Gasteiger partial charge in [-0.15, -0.1) is 0 Å². The van der Waals surface area contributed by atoms with E-state index in [4.69, 9.17) is 0 Å². The fourth-order valence-electron chi connectivity index (χ4n) is 2.46. The van der Waals surface area contributed by atoms with Crippen LogP contribution in [0.4, 0.5) is 14.6 Å². The quantitative estimate of drug-likeness (QED) is 0.627. The zero-order valence-corrected chi connectivity index (χ0v) is 14.3. The third-order valence-electron chi connectivity index (χ3n) is 3.81. The van der Waals surface area contributed by atoms with Crippen LogP contribution < -0.4 is 10.6 Å². The Kier molecular flexibility index (Phi) is 4.79. The van der Waals surface area contributed by atoms with E-state index in [0.29, 0.717) is 11.2 Å². The molecular formula is C17H18F2N6O. The smallest absolute Gasteiger partial charge is 0.245 e. The highest BCUT2D eigenvalue weighted by Gasteiger charge is 2.29. The molecule has 0 spiro atoms. The van der Waals surface area contributed by atoms with Crippen LogP contribution in [0.15, 0.2) is 30.7 Å². The topological polar surface area (TPSA) is 95.6 Å². The number of aromatic amines is 1. The minimum Gasteiger partial charge on any atom is -0.354 e. The number of fused-ring (bicyclic) bond motifs is 1. The first-order chi connectivity index (χ1) is 12.4. The van der Waals surface area contributed by atoms with Crippen LogP contribution in [-0.2, 0) is 4.79 Å². The van der Waals surface area contributed by atoms with Crippen molar-refractivity contribution < 1.29 is 13.6 Å². The van der Waals surface area contributed by atoms with Crippen molar-refractivity contribution in [3.05, 3.63) is 36.5 Å². The molecule has 3 N–H and O–H groups in total. The third kappa shape index (κ3) is 3.46. The van der Waals surface area contributed by atoms with Gasteiger partial charge in [0.05, 0.1) is 6.20 Å². The molecule has 26 heavy (non-hydrogen) atoms. The lowest BCUT2D eigenvalue weighted by atomic mass is 10.0. The number of nitrogens with one attached hydrogen (secondary N) is 3. The Morgan fingerprint density at radius 2 is 2.15 bits per heavy atom. The number of halogens is 2. The minimum atomic E-state index is -1.19. The summed E-state index contributed by atoms with van der Waals surface area (Å²) < 4.78 is 26.4. The third-order valence-corrected chi connectivity index (χ3v) is 3.81. The van der Waals surface area contributed by atoms with Gasteiger partial charge in [0.15, 0.2) is 17.5 Å². The molecule has 3 rings (SSSR count). The van der Waals surface area contributed by atoms with Crippen LogP contribution in [0.3, 0.4) is 0 Å². The summed E-state index contributed by atoms with van der Waals surface area (Å²) in [5.41, 5.74) is 0.135. The van der Waals surface area contributed by atoms with Gasteiger partial charge in [-0.2, -0.15) is 0 Å². The van der Waals surface area contributed by atoms with Crippen molar-refractivity contribution in [2.24, 2.45) is 0 Å². The van der Waals surface area contributed by atoms with Crippen molar-refractivity contribution in [1.82, 2.24) is 25.3 Å². The van der Waals surface area contributed by atoms with Crippen molar-refractivity contribution in [3.8, 4) is 11.4 Å². The molecule has 0 bridgehead atoms. The van der Waals surface area contributed by atoms with E-state index in [1.165, 1.54) is 0 Å². The lowest BCUT2D eigenvalue weighted by Gasteiger charge is -2.25. The van der Waals surface area contributed by atoms with E-state index in [1.54, 1.807) is 32.3 Å². The minimum absolute atomic E-state index is 0.107. The van der Waals surface area contributed by atoms with E-state index in [1.807, 2.05) is 6.07 Å². The van der Waals surface area contributed by atoms with Crippen LogP contribution in [-0.4, -0.2) is 44.6 Å². The Hall–Kier alpha value is -3.10. The molecule has 3 aromatic heterocycles. The first-order valence-corrected chi connectivity index (χ1v) is 8.00. The number of rotatable bonds is 6. The highest BCUT2D eigenvalue weighted by molar-refractivity contribution is 5.92. The first kappa shape index (κ1) is 17.7. The average molecular weight is 360 g/mol. The molecule has 0 fully saturated rings. The molecule has 0 aliphatic carbocycles. The molecule has 0 saturated carbocycles. The van der Waals surface area contributed by atoms with Crippen LogP contribution in [0.5, 0.6) is 0 Å². The summed E-state index contributed by atoms with van der Waals surface area (Å²) >= 11 is 0. The van der Waals surface area contributed by atoms with E-state index in [0.717, 1.165) is 11.6 Å². The van der Waals surface area contributed by atoms with E-state index in [2.05, 4.69) is 30.6 Å². The Morgan fingerprint density at radius 3 is 2.92 bits per heavy atom. The van der Waals surface area contributed by atoms with Crippen molar-refractivity contribution in [2.45, 2.75) is 19.4 Å². The maximum absolute atomic E-state index is 14.2. The second-order valence-corrected chi connectivity index (χ2v) is 6.19. The van der Waals surface area contributed by atoms with Crippen molar-refractivity contribution >= 4 is 22.8 Å². The molecule has 0 aliphatic rings. The molecule has 9 heteroatoms. The Balaban J connectivity index is 1.92. The average Bonchev–Trinajstić information content (AvgIpc) is 3.05. The number of amides is 1. The number of H-pyrrole nitrogens is 1. The van der Waals surface area contributed by atoms with Gasteiger partial charge in [0, 0.05) is 29.9 Å². The van der Waals surface area contributed by atoms with Crippen LogP contribution in [0, 0.1) is 5.82 Å². The van der Waals surface area contributed by atoms with E-state index in [-0.39, 0.29) is 18.2 Å². The number of pyridine rings is 1. The first-order valence-electron chi connectivity index (χ1n) is 8.00. The van der Waals surface area contributed by atoms with Gasteiger partial charge >= 0.3 is 0 Å². The maximum atomic E-state index is 14.2. The number of anilines is 1. The van der Waals surface area contributed by atoms with Gasteiger partial charge in [-0.3, -0.25) is 4.79 Å². The molecule has 0 atom stereocenters. The predicted molar refractivity (Wildman–Crippen MR) is 93.8 cm³/mol. The molecular weight excluding hydrogens is 342 g/mol. The van der Waals surface area contributed by atoms with Crippen molar-refractivity contribution in [3.63, 3.8) is 0 Å². The Labute approximate surface area is 148 Å². The van der Waals surface area contributed by atoms with Gasteiger partial charge in [0.25, 0.3) is 0 Å². The number of hydrogen-bond donors (Lipinski definition) is 3. The molecule has 0 aromatic carbocycles. The second kappa shape index (κ2) is 7.03. The molecule has 1 amide bonds. The predicted octanol–water partition coefficient (Wildman–Crippen LogP) is 2.44. The van der Waals surface area contributed by atoms with E-state index < -0.39 is 23.9 Å². The fraction of sp³-hybridized carbons (Fsp3) is 0.294. The van der Waals surface area contributed by atoms with Crippen molar-refractivity contribution in [2.75, 3.05) is 18.5 Å². The molecule has 3 aromatic rings. The fourth-order valence-corrected chi connectivity index (χ4v) is 2.46. The van der Waals surface area contributed by atoms with Crippen LogP contribution in [0.1, 0.15) is 13.8 Å². The number of aromatic nitrogens is 4. The van der Waals surface area contributed by atoms with E-state index in [9.17, 15) is 13.6 Å². The van der Waals surface area contributed by atoms with Crippen molar-refractivity contribution in [1.29, 1.82) is 0 Å². The van der Waals surface area contributed by atoms with Gasteiger partial charge in [0.2, 0.25) is 5.91 Å². The van der Waals surface area contributed by atoms with Gasteiger partial charge in [-0.25, -0.2) is 23.7 Å². The van der Waals surface area contributed by atoms with Gasteiger partial charge in [0.1, 0.15) is 17.9 Å². The monoisotopic (exact) mass is 360 g/mol. The summed E-state index contributed by atoms with van der Waals surface area (Å²) in [6, 6.07) is 3.63. The molecule has 3 heterocycles. The highest BCUT2D eigenvalue weighted by Crippen LogP contribution is 2.26. The molecule has 0 unspecified atom stereocenters. The van der Waals surface area contributed by atoms with Crippen LogP contribution in [0.2, 0.25) is 0 Å². The summed E-state index contributed by atoms with van der Waals surface area (Å²) in [6.07, 6.45) is 4.38. The largest absolute Gasteiger partial charge is 0.354 e. The lowest BCUT2D eigenvalue weighted by molar-refractivity contribution is -0.124. The highest BCUT2D eigenvalue weighted by atomic mass is 19.1. The van der Waals surface area contributed by atoms with E-state index >= 15 is 0 Å². The Morgan fingerprint density at radius 1 is 1.35 bits per heavy atom. The number of nitrogens with zero attached hydrogens (tertiary/aromatic N) is 3. The van der Waals surface area contributed by atoms with Gasteiger partial charge in [-0.05, 0) is 26.0 Å². The number of carbonyl (C=O) groups is 1. The van der Waals surface area contributed by atoms with Gasteiger partial charge < -0.3 is 15.6 Å². The SMILES string of the molecule is CC(C)(Nc1nc(-c2c[nH]c3ncccc23)ncc1F)C(=O)NCCF. The summed E-state index contributed by atoms with van der Waals surface area (Å²) in [5.74, 6) is -0.995. The summed E-state index contributed by atoms with van der Waals surface area (Å²) in [7, 11) is 0.